The van der Waals surface area contributed by atoms with Crippen LogP contribution < -0.4 is 9.47 Å². The van der Waals surface area contributed by atoms with E-state index in [0.29, 0.717) is 11.8 Å². The van der Waals surface area contributed by atoms with Crippen LogP contribution in [0.4, 0.5) is 0 Å². The van der Waals surface area contributed by atoms with Gasteiger partial charge in [0.25, 0.3) is 0 Å². The fourth-order valence-electron chi connectivity index (χ4n) is 4.49. The number of ether oxygens (including phenoxy) is 2. The van der Waals surface area contributed by atoms with Crippen molar-refractivity contribution in [1.29, 1.82) is 0 Å². The molecule has 0 unspecified atom stereocenters. The highest BCUT2D eigenvalue weighted by Crippen LogP contribution is 2.44. The van der Waals surface area contributed by atoms with Crippen molar-refractivity contribution < 1.29 is 9.47 Å². The molecule has 1 saturated heterocycles. The highest BCUT2D eigenvalue weighted by molar-refractivity contribution is 6.30. The molecule has 0 spiro atoms. The molecule has 146 valence electrons. The minimum absolute atomic E-state index is 0.222. The van der Waals surface area contributed by atoms with Gasteiger partial charge in [-0.25, -0.2) is 4.98 Å². The van der Waals surface area contributed by atoms with Crippen LogP contribution in [0.3, 0.4) is 0 Å². The molecule has 0 N–H and O–H groups in total. The molecule has 0 atom stereocenters. The highest BCUT2D eigenvalue weighted by Gasteiger charge is 2.32. The Morgan fingerprint density at radius 2 is 1.85 bits per heavy atom. The van der Waals surface area contributed by atoms with Crippen LogP contribution in [-0.4, -0.2) is 43.2 Å². The number of halogens is 1. The van der Waals surface area contributed by atoms with E-state index in [2.05, 4.69) is 29.8 Å². The van der Waals surface area contributed by atoms with Crippen molar-refractivity contribution in [3.8, 4) is 11.5 Å². The summed E-state index contributed by atoms with van der Waals surface area (Å²) in [4.78, 5) is 7.17. The lowest BCUT2D eigenvalue weighted by Gasteiger charge is -2.16. The third kappa shape index (κ3) is 3.88. The SMILES string of the molecule is COc1cc2c3c(c(Cl)nc2cc1OCCCN1CCCC1)CC(C)(C)C3. The van der Waals surface area contributed by atoms with Gasteiger partial charge < -0.3 is 14.4 Å². The van der Waals surface area contributed by atoms with Crippen LogP contribution in [0, 0.1) is 5.41 Å². The van der Waals surface area contributed by atoms with Gasteiger partial charge in [-0.3, -0.25) is 0 Å². The van der Waals surface area contributed by atoms with Crippen LogP contribution in [0.15, 0.2) is 12.1 Å². The van der Waals surface area contributed by atoms with Crippen LogP contribution in [0.5, 0.6) is 11.5 Å². The van der Waals surface area contributed by atoms with Gasteiger partial charge in [0.05, 0.1) is 19.2 Å². The van der Waals surface area contributed by atoms with Gasteiger partial charge in [0, 0.05) is 18.0 Å². The van der Waals surface area contributed by atoms with Crippen LogP contribution >= 0.6 is 11.6 Å². The maximum atomic E-state index is 6.51. The number of likely N-dealkylation sites (tertiary alicyclic amines) is 1. The van der Waals surface area contributed by atoms with Gasteiger partial charge in [0.2, 0.25) is 0 Å². The molecule has 0 bridgehead atoms. The summed E-state index contributed by atoms with van der Waals surface area (Å²) in [7, 11) is 1.70. The average Bonchev–Trinajstić information content (AvgIpc) is 3.25. The number of methoxy groups -OCH3 is 1. The van der Waals surface area contributed by atoms with E-state index < -0.39 is 0 Å². The van der Waals surface area contributed by atoms with E-state index in [9.17, 15) is 0 Å². The van der Waals surface area contributed by atoms with E-state index in [1.807, 2.05) is 6.07 Å². The molecule has 0 saturated carbocycles. The van der Waals surface area contributed by atoms with Crippen LogP contribution in [0.1, 0.15) is 44.2 Å². The predicted molar refractivity (Wildman–Crippen MR) is 110 cm³/mol. The number of pyridine rings is 1. The molecule has 2 aliphatic rings. The third-order valence-electron chi connectivity index (χ3n) is 5.82. The standard InChI is InChI=1S/C22H29ClN2O2/c1-22(2)13-16-15-11-19(26-3)20(12-18(15)24-21(23)17(16)14-22)27-10-6-9-25-7-4-5-8-25/h11-12H,4-10,13-14H2,1-3H3. The summed E-state index contributed by atoms with van der Waals surface area (Å²) in [5.74, 6) is 1.53. The summed E-state index contributed by atoms with van der Waals surface area (Å²) in [6.45, 7) is 8.80. The Morgan fingerprint density at radius 3 is 2.59 bits per heavy atom. The third-order valence-corrected chi connectivity index (χ3v) is 6.14. The number of hydrogen-bond acceptors (Lipinski definition) is 4. The molecule has 2 aromatic rings. The lowest BCUT2D eigenvalue weighted by molar-refractivity contribution is 0.254. The van der Waals surface area contributed by atoms with Crippen molar-refractivity contribution in [3.63, 3.8) is 0 Å². The van der Waals surface area contributed by atoms with Gasteiger partial charge in [-0.05, 0) is 67.8 Å². The van der Waals surface area contributed by atoms with Gasteiger partial charge in [-0.1, -0.05) is 25.4 Å². The van der Waals surface area contributed by atoms with Gasteiger partial charge >= 0.3 is 0 Å². The van der Waals surface area contributed by atoms with Crippen molar-refractivity contribution in [2.75, 3.05) is 33.4 Å². The summed E-state index contributed by atoms with van der Waals surface area (Å²) < 4.78 is 11.7. The van der Waals surface area contributed by atoms with Crippen molar-refractivity contribution in [1.82, 2.24) is 9.88 Å². The van der Waals surface area contributed by atoms with Crippen molar-refractivity contribution in [2.24, 2.45) is 5.41 Å². The largest absolute Gasteiger partial charge is 0.493 e. The van der Waals surface area contributed by atoms with E-state index in [-0.39, 0.29) is 5.41 Å². The van der Waals surface area contributed by atoms with Crippen molar-refractivity contribution in [2.45, 2.75) is 46.0 Å². The first kappa shape index (κ1) is 18.8. The van der Waals surface area contributed by atoms with Gasteiger partial charge in [-0.2, -0.15) is 0 Å². The monoisotopic (exact) mass is 388 g/mol. The Morgan fingerprint density at radius 1 is 1.11 bits per heavy atom. The molecule has 0 radical (unpaired) electrons. The number of nitrogens with zero attached hydrogens (tertiary/aromatic N) is 2. The highest BCUT2D eigenvalue weighted by atomic mass is 35.5. The molecule has 4 nitrogen and oxygen atoms in total. The maximum Gasteiger partial charge on any atom is 0.163 e. The van der Waals surface area contributed by atoms with E-state index >= 15 is 0 Å². The topological polar surface area (TPSA) is 34.6 Å². The Hall–Kier alpha value is -1.52. The second-order valence-electron chi connectivity index (χ2n) is 8.65. The molecule has 1 aliphatic heterocycles. The molecule has 5 heteroatoms. The van der Waals surface area contributed by atoms with E-state index in [4.69, 9.17) is 21.1 Å². The number of fused-ring (bicyclic) bond motifs is 3. The van der Waals surface area contributed by atoms with E-state index in [1.54, 1.807) is 7.11 Å². The Kier molecular flexibility index (Phi) is 5.21. The van der Waals surface area contributed by atoms with E-state index in [1.165, 1.54) is 37.1 Å². The van der Waals surface area contributed by atoms with Crippen LogP contribution in [0.2, 0.25) is 5.15 Å². The lowest BCUT2D eigenvalue weighted by Crippen LogP contribution is -2.21. The van der Waals surface area contributed by atoms with Crippen LogP contribution in [-0.2, 0) is 12.8 Å². The number of aromatic nitrogens is 1. The first-order chi connectivity index (χ1) is 13.0. The summed E-state index contributed by atoms with van der Waals surface area (Å²) in [5.41, 5.74) is 3.62. The Labute approximate surface area is 166 Å². The van der Waals surface area contributed by atoms with Gasteiger partial charge in [0.1, 0.15) is 5.15 Å². The molecule has 27 heavy (non-hydrogen) atoms. The van der Waals surface area contributed by atoms with E-state index in [0.717, 1.165) is 48.2 Å². The molecule has 1 fully saturated rings. The summed E-state index contributed by atoms with van der Waals surface area (Å²) in [6, 6.07) is 4.07. The van der Waals surface area contributed by atoms with Crippen molar-refractivity contribution >= 4 is 22.5 Å². The minimum atomic E-state index is 0.222. The average molecular weight is 389 g/mol. The number of benzene rings is 1. The molecule has 1 aromatic heterocycles. The molecule has 1 aromatic carbocycles. The molecule has 2 heterocycles. The second kappa shape index (κ2) is 7.48. The predicted octanol–water partition coefficient (Wildman–Crippen LogP) is 4.89. The summed E-state index contributed by atoms with van der Waals surface area (Å²) in [6.07, 6.45) is 5.66. The fourth-order valence-corrected chi connectivity index (χ4v) is 4.77. The van der Waals surface area contributed by atoms with Gasteiger partial charge in [0.15, 0.2) is 11.5 Å². The maximum absolute atomic E-state index is 6.51. The molecule has 1 aliphatic carbocycles. The molecular weight excluding hydrogens is 360 g/mol. The summed E-state index contributed by atoms with van der Waals surface area (Å²) >= 11 is 6.51. The molecule has 4 rings (SSSR count). The normalized spacial score (nSPS) is 18.8. The molecular formula is C22H29ClN2O2. The second-order valence-corrected chi connectivity index (χ2v) is 9.01. The minimum Gasteiger partial charge on any atom is -0.493 e. The fraction of sp³-hybridized carbons (Fsp3) is 0.591. The lowest BCUT2D eigenvalue weighted by atomic mass is 9.90. The zero-order valence-corrected chi connectivity index (χ0v) is 17.4. The smallest absolute Gasteiger partial charge is 0.163 e. The summed E-state index contributed by atoms with van der Waals surface area (Å²) in [5, 5.41) is 1.77. The first-order valence-electron chi connectivity index (χ1n) is 10.0. The molecule has 0 amide bonds. The quantitative estimate of drug-likeness (QED) is 0.521. The van der Waals surface area contributed by atoms with Gasteiger partial charge in [-0.15, -0.1) is 0 Å². The Bertz CT molecular complexity index is 844. The first-order valence-corrected chi connectivity index (χ1v) is 10.4. The number of rotatable bonds is 6. The zero-order valence-electron chi connectivity index (χ0n) is 16.6. The zero-order chi connectivity index (χ0) is 19.0. The van der Waals surface area contributed by atoms with Crippen molar-refractivity contribution in [3.05, 3.63) is 28.4 Å². The Balaban J connectivity index is 1.56. The number of hydrogen-bond donors (Lipinski definition) is 0. The van der Waals surface area contributed by atoms with Crippen LogP contribution in [0.25, 0.3) is 10.9 Å².